The number of carbonyl (C=O) groups is 1. The van der Waals surface area contributed by atoms with Gasteiger partial charge in [-0.15, -0.1) is 0 Å². The van der Waals surface area contributed by atoms with Gasteiger partial charge in [-0.25, -0.2) is 13.2 Å². The van der Waals surface area contributed by atoms with E-state index in [0.717, 1.165) is 25.1 Å². The quantitative estimate of drug-likeness (QED) is 0.629. The van der Waals surface area contributed by atoms with Crippen molar-refractivity contribution in [3.63, 3.8) is 0 Å². The highest BCUT2D eigenvalue weighted by molar-refractivity contribution is 5.82. The molecule has 0 fully saturated rings. The van der Waals surface area contributed by atoms with Gasteiger partial charge in [-0.3, -0.25) is 4.79 Å². The molecule has 31 heavy (non-hydrogen) atoms. The van der Waals surface area contributed by atoms with Crippen LogP contribution in [0.4, 0.5) is 13.2 Å². The van der Waals surface area contributed by atoms with Crippen molar-refractivity contribution >= 4 is 11.5 Å². The first kappa shape index (κ1) is 22.4. The Balaban J connectivity index is 1.99. The van der Waals surface area contributed by atoms with E-state index in [1.807, 2.05) is 0 Å². The van der Waals surface area contributed by atoms with Crippen LogP contribution in [0, 0.1) is 11.6 Å². The minimum absolute atomic E-state index is 0.0473. The van der Waals surface area contributed by atoms with Gasteiger partial charge >= 0.3 is 5.97 Å². The zero-order chi connectivity index (χ0) is 22.8. The topological polar surface area (TPSA) is 81.8 Å². The van der Waals surface area contributed by atoms with E-state index >= 15 is 4.39 Å². The molecule has 0 aromatic heterocycles. The Bertz CT molecular complexity index is 1080. The molecule has 0 unspecified atom stereocenters. The van der Waals surface area contributed by atoms with Crippen molar-refractivity contribution in [3.8, 4) is 5.75 Å². The second-order valence-electron chi connectivity index (χ2n) is 7.09. The lowest BCUT2D eigenvalue weighted by molar-refractivity contribution is -0.142. The van der Waals surface area contributed by atoms with Crippen LogP contribution in [0.25, 0.3) is 5.57 Å². The van der Waals surface area contributed by atoms with Crippen molar-refractivity contribution in [2.24, 2.45) is 5.73 Å². The Kier molecular flexibility index (Phi) is 6.40. The molecule has 8 heteroatoms. The van der Waals surface area contributed by atoms with Crippen LogP contribution < -0.4 is 10.5 Å². The van der Waals surface area contributed by atoms with Crippen molar-refractivity contribution in [2.75, 3.05) is 6.61 Å². The summed E-state index contributed by atoms with van der Waals surface area (Å²) >= 11 is 0. The maximum Gasteiger partial charge on any atom is 0.310 e. The Hall–Kier alpha value is -3.26. The summed E-state index contributed by atoms with van der Waals surface area (Å²) in [5.41, 5.74) is 3.32. The molecule has 0 radical (unpaired) electrons. The number of allylic oxidation sites excluding steroid dienone is 2. The highest BCUT2D eigenvalue weighted by atomic mass is 19.1. The largest absolute Gasteiger partial charge is 0.508 e. The Morgan fingerprint density at radius 3 is 2.61 bits per heavy atom. The number of carbonyl (C=O) groups excluding carboxylic acids is 1. The van der Waals surface area contributed by atoms with Crippen LogP contribution in [0.3, 0.4) is 0 Å². The first-order chi connectivity index (χ1) is 14.7. The monoisotopic (exact) mass is 433 g/mol. The molecule has 0 heterocycles. The standard InChI is InChI=1S/C23H22F3NO4/c1-3-30-20(28)9-13-7-8-15(24)10-18(13)31-19-11-17(22(29)23(19,2)26)16-6-4-5-14(12-27)21(16)25/h4-8,10-11,29H,3,9,12,27H2,1-2H3/t23-/m1/s1. The van der Waals surface area contributed by atoms with Crippen molar-refractivity contribution in [1.29, 1.82) is 0 Å². The van der Waals surface area contributed by atoms with Gasteiger partial charge in [0, 0.05) is 34.9 Å². The molecule has 0 amide bonds. The molecule has 1 aliphatic rings. The van der Waals surface area contributed by atoms with Crippen molar-refractivity contribution in [1.82, 2.24) is 0 Å². The van der Waals surface area contributed by atoms with Crippen molar-refractivity contribution < 1.29 is 32.5 Å². The lowest BCUT2D eigenvalue weighted by atomic mass is 10.0. The van der Waals surface area contributed by atoms with Gasteiger partial charge in [0.15, 0.2) is 0 Å². The molecule has 164 valence electrons. The van der Waals surface area contributed by atoms with E-state index in [2.05, 4.69) is 0 Å². The summed E-state index contributed by atoms with van der Waals surface area (Å²) < 4.78 is 54.4. The number of nitrogens with two attached hydrogens (primary N) is 1. The lowest BCUT2D eigenvalue weighted by Gasteiger charge is -2.20. The van der Waals surface area contributed by atoms with Crippen LogP contribution >= 0.6 is 0 Å². The third-order valence-electron chi connectivity index (χ3n) is 4.92. The van der Waals surface area contributed by atoms with Crippen molar-refractivity contribution in [3.05, 3.63) is 82.3 Å². The fraction of sp³-hybridized carbons (Fsp3) is 0.261. The summed E-state index contributed by atoms with van der Waals surface area (Å²) in [6.07, 6.45) is 0.923. The Labute approximate surface area is 177 Å². The SMILES string of the molecule is CCOC(=O)Cc1ccc(F)cc1OC1=CC(c2cccc(CN)c2F)=C(O)[C@]1(C)F. The maximum atomic E-state index is 15.4. The van der Waals surface area contributed by atoms with E-state index in [9.17, 15) is 18.7 Å². The molecule has 0 saturated carbocycles. The molecule has 0 bridgehead atoms. The van der Waals surface area contributed by atoms with Gasteiger partial charge in [0.05, 0.1) is 13.0 Å². The van der Waals surface area contributed by atoms with Gasteiger partial charge in [-0.1, -0.05) is 24.3 Å². The summed E-state index contributed by atoms with van der Waals surface area (Å²) in [7, 11) is 0. The average molecular weight is 433 g/mol. The third kappa shape index (κ3) is 4.44. The number of rotatable bonds is 7. The van der Waals surface area contributed by atoms with Crippen LogP contribution in [0.15, 0.2) is 54.0 Å². The number of hydrogen-bond acceptors (Lipinski definition) is 5. The molecule has 3 rings (SSSR count). The summed E-state index contributed by atoms with van der Waals surface area (Å²) in [4.78, 5) is 11.8. The molecular formula is C23H22F3NO4. The average Bonchev–Trinajstić information content (AvgIpc) is 2.94. The maximum absolute atomic E-state index is 15.4. The fourth-order valence-corrected chi connectivity index (χ4v) is 3.24. The highest BCUT2D eigenvalue weighted by Crippen LogP contribution is 2.43. The lowest BCUT2D eigenvalue weighted by Crippen LogP contribution is -2.25. The Morgan fingerprint density at radius 1 is 1.19 bits per heavy atom. The molecule has 3 N–H and O–H groups in total. The Morgan fingerprint density at radius 2 is 1.94 bits per heavy atom. The van der Waals surface area contributed by atoms with Gasteiger partial charge in [0.2, 0.25) is 5.67 Å². The molecule has 2 aromatic rings. The number of halogens is 3. The number of alkyl halides is 1. The van der Waals surface area contributed by atoms with E-state index in [1.165, 1.54) is 24.3 Å². The first-order valence-electron chi connectivity index (χ1n) is 9.63. The van der Waals surface area contributed by atoms with Gasteiger partial charge in [-0.2, -0.15) is 0 Å². The smallest absolute Gasteiger partial charge is 0.310 e. The van der Waals surface area contributed by atoms with E-state index in [4.69, 9.17) is 15.2 Å². The van der Waals surface area contributed by atoms with E-state index in [0.29, 0.717) is 0 Å². The van der Waals surface area contributed by atoms with Crippen LogP contribution in [0.5, 0.6) is 5.75 Å². The van der Waals surface area contributed by atoms with Crippen LogP contribution in [-0.4, -0.2) is 23.4 Å². The first-order valence-corrected chi connectivity index (χ1v) is 9.63. The molecule has 1 atom stereocenters. The summed E-state index contributed by atoms with van der Waals surface area (Å²) in [6, 6.07) is 7.85. The predicted octanol–water partition coefficient (Wildman–Crippen LogP) is 4.50. The second kappa shape index (κ2) is 8.85. The summed E-state index contributed by atoms with van der Waals surface area (Å²) in [5.74, 6) is -3.17. The second-order valence-corrected chi connectivity index (χ2v) is 7.09. The number of ether oxygens (including phenoxy) is 2. The van der Waals surface area contributed by atoms with Crippen LogP contribution in [-0.2, 0) is 22.5 Å². The minimum atomic E-state index is -2.51. The summed E-state index contributed by atoms with van der Waals surface area (Å²) in [6.45, 7) is 2.77. The minimum Gasteiger partial charge on any atom is -0.508 e. The zero-order valence-corrected chi connectivity index (χ0v) is 17.0. The molecule has 2 aromatic carbocycles. The van der Waals surface area contributed by atoms with E-state index in [-0.39, 0.29) is 53.3 Å². The molecular weight excluding hydrogens is 411 g/mol. The molecule has 0 saturated heterocycles. The molecule has 5 nitrogen and oxygen atoms in total. The van der Waals surface area contributed by atoms with Crippen LogP contribution in [0.2, 0.25) is 0 Å². The van der Waals surface area contributed by atoms with Gasteiger partial charge < -0.3 is 20.3 Å². The van der Waals surface area contributed by atoms with Crippen molar-refractivity contribution in [2.45, 2.75) is 32.5 Å². The number of benzene rings is 2. The number of aliphatic hydroxyl groups is 1. The van der Waals surface area contributed by atoms with Gasteiger partial charge in [-0.05, 0) is 26.0 Å². The normalized spacial score (nSPS) is 18.2. The third-order valence-corrected chi connectivity index (χ3v) is 4.92. The molecule has 0 aliphatic heterocycles. The van der Waals surface area contributed by atoms with Gasteiger partial charge in [0.25, 0.3) is 0 Å². The fourth-order valence-electron chi connectivity index (χ4n) is 3.24. The van der Waals surface area contributed by atoms with E-state index in [1.54, 1.807) is 6.92 Å². The number of hydrogen-bond donors (Lipinski definition) is 2. The summed E-state index contributed by atoms with van der Waals surface area (Å²) in [5, 5.41) is 10.5. The van der Waals surface area contributed by atoms with Crippen LogP contribution in [0.1, 0.15) is 30.5 Å². The number of aliphatic hydroxyl groups excluding tert-OH is 1. The molecule has 1 aliphatic carbocycles. The predicted molar refractivity (Wildman–Crippen MR) is 109 cm³/mol. The molecule has 0 spiro atoms. The highest BCUT2D eigenvalue weighted by Gasteiger charge is 2.43. The van der Waals surface area contributed by atoms with Gasteiger partial charge in [0.1, 0.15) is 28.9 Å². The number of esters is 1. The van der Waals surface area contributed by atoms with E-state index < -0.39 is 29.0 Å². The zero-order valence-electron chi connectivity index (χ0n) is 17.0.